The SMILES string of the molecule is Fc1cc(F)c2c(c1)OCC(Cc1nn[nH]n1)N2. The van der Waals surface area contributed by atoms with Gasteiger partial charge >= 0.3 is 0 Å². The molecular weight excluding hydrogens is 244 g/mol. The molecule has 3 rings (SSSR count). The number of halogens is 2. The predicted molar refractivity (Wildman–Crippen MR) is 57.1 cm³/mol. The van der Waals surface area contributed by atoms with Crippen LogP contribution in [0.2, 0.25) is 0 Å². The number of nitrogens with zero attached hydrogens (tertiary/aromatic N) is 3. The Kier molecular flexibility index (Phi) is 2.54. The Hall–Kier alpha value is -2.25. The molecule has 6 nitrogen and oxygen atoms in total. The van der Waals surface area contributed by atoms with Crippen LogP contribution in [0.15, 0.2) is 12.1 Å². The van der Waals surface area contributed by atoms with Crippen molar-refractivity contribution in [1.29, 1.82) is 0 Å². The van der Waals surface area contributed by atoms with Gasteiger partial charge in [-0.15, -0.1) is 10.2 Å². The molecule has 1 aliphatic heterocycles. The highest BCUT2D eigenvalue weighted by Gasteiger charge is 2.24. The third kappa shape index (κ3) is 1.96. The largest absolute Gasteiger partial charge is 0.489 e. The molecule has 1 aromatic heterocycles. The summed E-state index contributed by atoms with van der Waals surface area (Å²) in [5, 5.41) is 16.3. The molecule has 1 unspecified atom stereocenters. The van der Waals surface area contributed by atoms with Crippen molar-refractivity contribution in [3.05, 3.63) is 29.6 Å². The molecule has 1 aliphatic rings. The molecule has 0 spiro atoms. The van der Waals surface area contributed by atoms with Crippen LogP contribution in [-0.4, -0.2) is 33.3 Å². The molecule has 0 amide bonds. The van der Waals surface area contributed by atoms with Crippen LogP contribution in [0.5, 0.6) is 5.75 Å². The van der Waals surface area contributed by atoms with Crippen molar-refractivity contribution in [1.82, 2.24) is 20.6 Å². The number of nitrogens with one attached hydrogen (secondary N) is 2. The molecule has 1 aromatic carbocycles. The van der Waals surface area contributed by atoms with Gasteiger partial charge in [-0.1, -0.05) is 5.21 Å². The van der Waals surface area contributed by atoms with Crippen molar-refractivity contribution in [2.45, 2.75) is 12.5 Å². The van der Waals surface area contributed by atoms with Crippen molar-refractivity contribution >= 4 is 5.69 Å². The number of hydrogen-bond donors (Lipinski definition) is 2. The van der Waals surface area contributed by atoms with Gasteiger partial charge in [0, 0.05) is 18.6 Å². The lowest BCUT2D eigenvalue weighted by molar-refractivity contribution is 0.278. The zero-order chi connectivity index (χ0) is 12.5. The average Bonchev–Trinajstić information content (AvgIpc) is 2.83. The Morgan fingerprint density at radius 1 is 1.39 bits per heavy atom. The van der Waals surface area contributed by atoms with Crippen LogP contribution in [0.1, 0.15) is 5.82 Å². The number of hydrogen-bond acceptors (Lipinski definition) is 5. The number of rotatable bonds is 2. The summed E-state index contributed by atoms with van der Waals surface area (Å²) < 4.78 is 31.8. The van der Waals surface area contributed by atoms with E-state index in [0.717, 1.165) is 12.1 Å². The van der Waals surface area contributed by atoms with Gasteiger partial charge in [0.15, 0.2) is 11.6 Å². The fourth-order valence-corrected chi connectivity index (χ4v) is 1.84. The highest BCUT2D eigenvalue weighted by Crippen LogP contribution is 2.32. The molecule has 8 heteroatoms. The van der Waals surface area contributed by atoms with E-state index >= 15 is 0 Å². The number of aromatic nitrogens is 4. The van der Waals surface area contributed by atoms with Gasteiger partial charge in [0.05, 0.1) is 6.04 Å². The molecule has 2 heterocycles. The van der Waals surface area contributed by atoms with Gasteiger partial charge in [-0.05, 0) is 0 Å². The summed E-state index contributed by atoms with van der Waals surface area (Å²) in [6.07, 6.45) is 0.437. The molecule has 2 N–H and O–H groups in total. The first-order valence-electron chi connectivity index (χ1n) is 5.33. The summed E-state index contributed by atoms with van der Waals surface area (Å²) in [5.74, 6) is -0.661. The fraction of sp³-hybridized carbons (Fsp3) is 0.300. The second-order valence-electron chi connectivity index (χ2n) is 3.95. The minimum atomic E-state index is -0.678. The standard InChI is InChI=1S/C10H9F2N5O/c11-5-1-7(12)10-8(2-5)18-4-6(13-10)3-9-14-16-17-15-9/h1-2,6,13H,3-4H2,(H,14,15,16,17). The molecule has 18 heavy (non-hydrogen) atoms. The highest BCUT2D eigenvalue weighted by atomic mass is 19.1. The van der Waals surface area contributed by atoms with E-state index in [1.165, 1.54) is 0 Å². The van der Waals surface area contributed by atoms with E-state index in [0.29, 0.717) is 12.2 Å². The number of tetrazole rings is 1. The molecule has 0 fully saturated rings. The second-order valence-corrected chi connectivity index (χ2v) is 3.95. The molecule has 0 aliphatic carbocycles. The van der Waals surface area contributed by atoms with Crippen molar-refractivity contribution < 1.29 is 13.5 Å². The minimum absolute atomic E-state index is 0.163. The van der Waals surface area contributed by atoms with Crippen molar-refractivity contribution in [3.63, 3.8) is 0 Å². The summed E-state index contributed by atoms with van der Waals surface area (Å²) >= 11 is 0. The topological polar surface area (TPSA) is 75.7 Å². The lowest BCUT2D eigenvalue weighted by atomic mass is 10.1. The quantitative estimate of drug-likeness (QED) is 0.831. The van der Waals surface area contributed by atoms with Gasteiger partial charge in [0.2, 0.25) is 0 Å². The summed E-state index contributed by atoms with van der Waals surface area (Å²) in [6.45, 7) is 0.282. The van der Waals surface area contributed by atoms with E-state index in [4.69, 9.17) is 4.74 Å². The summed E-state index contributed by atoms with van der Waals surface area (Å²) in [5.41, 5.74) is 0.163. The minimum Gasteiger partial charge on any atom is -0.489 e. The fourth-order valence-electron chi connectivity index (χ4n) is 1.84. The van der Waals surface area contributed by atoms with Gasteiger partial charge in [-0.2, -0.15) is 5.21 Å². The average molecular weight is 253 g/mol. The zero-order valence-electron chi connectivity index (χ0n) is 9.15. The maximum absolute atomic E-state index is 13.6. The molecule has 0 saturated heterocycles. The van der Waals surface area contributed by atoms with E-state index in [9.17, 15) is 8.78 Å². The molecule has 0 bridgehead atoms. The Morgan fingerprint density at radius 3 is 3.06 bits per heavy atom. The van der Waals surface area contributed by atoms with Crippen LogP contribution in [0, 0.1) is 11.6 Å². The van der Waals surface area contributed by atoms with Crippen molar-refractivity contribution in [2.75, 3.05) is 11.9 Å². The maximum atomic E-state index is 13.6. The first-order chi connectivity index (χ1) is 8.72. The normalized spacial score (nSPS) is 17.8. The molecule has 0 radical (unpaired) electrons. The third-order valence-corrected chi connectivity index (χ3v) is 2.63. The number of aromatic amines is 1. The smallest absolute Gasteiger partial charge is 0.176 e. The van der Waals surface area contributed by atoms with Gasteiger partial charge in [-0.25, -0.2) is 8.78 Å². The van der Waals surface area contributed by atoms with Crippen LogP contribution in [-0.2, 0) is 6.42 Å². The zero-order valence-corrected chi connectivity index (χ0v) is 9.15. The van der Waals surface area contributed by atoms with E-state index in [1.807, 2.05) is 0 Å². The molecular formula is C10H9F2N5O. The van der Waals surface area contributed by atoms with Crippen LogP contribution in [0.3, 0.4) is 0 Å². The summed E-state index contributed by atoms with van der Waals surface area (Å²) in [4.78, 5) is 0. The number of fused-ring (bicyclic) bond motifs is 1. The number of anilines is 1. The van der Waals surface area contributed by atoms with Crippen molar-refractivity contribution in [2.24, 2.45) is 0 Å². The number of ether oxygens (including phenoxy) is 1. The van der Waals surface area contributed by atoms with Crippen LogP contribution >= 0.6 is 0 Å². The Morgan fingerprint density at radius 2 is 2.28 bits per heavy atom. The highest BCUT2D eigenvalue weighted by molar-refractivity contribution is 5.59. The van der Waals surface area contributed by atoms with Gasteiger partial charge in [0.1, 0.15) is 23.9 Å². The van der Waals surface area contributed by atoms with E-state index < -0.39 is 11.6 Å². The van der Waals surface area contributed by atoms with Gasteiger partial charge in [-0.3, -0.25) is 0 Å². The third-order valence-electron chi connectivity index (χ3n) is 2.63. The van der Waals surface area contributed by atoms with E-state index in [-0.39, 0.29) is 24.1 Å². The van der Waals surface area contributed by atoms with Crippen LogP contribution < -0.4 is 10.1 Å². The first kappa shape index (κ1) is 10.9. The van der Waals surface area contributed by atoms with Crippen LogP contribution in [0.25, 0.3) is 0 Å². The van der Waals surface area contributed by atoms with E-state index in [1.54, 1.807) is 0 Å². The first-order valence-corrected chi connectivity index (χ1v) is 5.33. The van der Waals surface area contributed by atoms with Gasteiger partial charge in [0.25, 0.3) is 0 Å². The lowest BCUT2D eigenvalue weighted by Gasteiger charge is -2.26. The van der Waals surface area contributed by atoms with Gasteiger partial charge < -0.3 is 10.1 Å². The molecule has 2 aromatic rings. The summed E-state index contributed by atoms with van der Waals surface area (Å²) in [7, 11) is 0. The monoisotopic (exact) mass is 253 g/mol. The maximum Gasteiger partial charge on any atom is 0.176 e. The lowest BCUT2D eigenvalue weighted by Crippen LogP contribution is -2.34. The summed E-state index contributed by atoms with van der Waals surface area (Å²) in [6, 6.07) is 1.78. The molecule has 0 saturated carbocycles. The van der Waals surface area contributed by atoms with Crippen LogP contribution in [0.4, 0.5) is 14.5 Å². The Labute approximate surface area is 100 Å². The number of H-pyrrole nitrogens is 1. The predicted octanol–water partition coefficient (Wildman–Crippen LogP) is 0.893. The second kappa shape index (κ2) is 4.21. The number of benzene rings is 1. The Balaban J connectivity index is 1.80. The van der Waals surface area contributed by atoms with Crippen molar-refractivity contribution in [3.8, 4) is 5.75 Å². The molecule has 94 valence electrons. The molecule has 1 atom stereocenters. The van der Waals surface area contributed by atoms with E-state index in [2.05, 4.69) is 25.9 Å². The Bertz CT molecular complexity index is 560.